The lowest BCUT2D eigenvalue weighted by Gasteiger charge is -2.28. The van der Waals surface area contributed by atoms with E-state index in [9.17, 15) is 9.59 Å². The predicted molar refractivity (Wildman–Crippen MR) is 83.1 cm³/mol. The first-order valence-electron chi connectivity index (χ1n) is 7.34. The Balaban J connectivity index is 0.000000207. The fraction of sp³-hybridized carbons (Fsp3) is 0.467. The van der Waals surface area contributed by atoms with Crippen molar-refractivity contribution in [2.75, 3.05) is 18.5 Å². The van der Waals surface area contributed by atoms with E-state index < -0.39 is 11.9 Å². The zero-order valence-electron chi connectivity index (χ0n) is 12.8. The third-order valence-corrected chi connectivity index (χ3v) is 3.86. The van der Waals surface area contributed by atoms with E-state index in [-0.39, 0.29) is 0 Å². The Morgan fingerprint density at radius 1 is 1.26 bits per heavy atom. The molecule has 1 aliphatic heterocycles. The summed E-state index contributed by atoms with van der Waals surface area (Å²) in [4.78, 5) is 29.8. The minimum absolute atomic E-state index is 0.558. The van der Waals surface area contributed by atoms with Crippen LogP contribution in [0.1, 0.15) is 12.8 Å². The molecule has 3 unspecified atom stereocenters. The number of aromatic nitrogens is 2. The second kappa shape index (κ2) is 7.68. The Morgan fingerprint density at radius 2 is 1.87 bits per heavy atom. The highest BCUT2D eigenvalue weighted by Gasteiger charge is 2.51. The van der Waals surface area contributed by atoms with Crippen LogP contribution in [-0.2, 0) is 9.59 Å². The topological polar surface area (TPSA) is 116 Å². The highest BCUT2D eigenvalue weighted by molar-refractivity contribution is 5.89. The van der Waals surface area contributed by atoms with E-state index in [0.29, 0.717) is 18.2 Å². The van der Waals surface area contributed by atoms with Gasteiger partial charge in [0.25, 0.3) is 0 Å². The standard InChI is InChI=1S/C11H16N4.C4H4O4/c1-12-4-9-2-8-3-11(8)15(9)10-5-13-7-14-6-10;5-3(6)1-2-4(7)8/h5-9,11-12H,2-4H2,1H3;1-2H,(H,5,6)(H,7,8). The summed E-state index contributed by atoms with van der Waals surface area (Å²) in [6, 6.07) is 1.39. The van der Waals surface area contributed by atoms with E-state index in [1.807, 2.05) is 19.4 Å². The van der Waals surface area contributed by atoms with Crippen molar-refractivity contribution < 1.29 is 19.8 Å². The van der Waals surface area contributed by atoms with Crippen LogP contribution < -0.4 is 10.2 Å². The molecule has 8 heteroatoms. The number of hydrogen-bond acceptors (Lipinski definition) is 6. The number of hydrogen-bond donors (Lipinski definition) is 3. The van der Waals surface area contributed by atoms with Crippen LogP contribution in [-0.4, -0.2) is 57.8 Å². The number of rotatable bonds is 5. The molecule has 2 fully saturated rings. The summed E-state index contributed by atoms with van der Waals surface area (Å²) in [7, 11) is 2.02. The molecule has 2 aliphatic rings. The Hall–Kier alpha value is -2.48. The van der Waals surface area contributed by atoms with Crippen LogP contribution in [0.5, 0.6) is 0 Å². The van der Waals surface area contributed by atoms with Crippen LogP contribution in [0.3, 0.4) is 0 Å². The molecule has 0 amide bonds. The number of piperidine rings is 1. The lowest BCUT2D eigenvalue weighted by molar-refractivity contribution is -0.134. The van der Waals surface area contributed by atoms with Gasteiger partial charge in [-0.05, 0) is 25.8 Å². The number of aliphatic carboxylic acids is 2. The van der Waals surface area contributed by atoms with Gasteiger partial charge in [-0.3, -0.25) is 0 Å². The van der Waals surface area contributed by atoms with Crippen LogP contribution in [0.4, 0.5) is 5.69 Å². The fourth-order valence-electron chi connectivity index (χ4n) is 2.95. The van der Waals surface area contributed by atoms with Crippen molar-refractivity contribution in [1.29, 1.82) is 0 Å². The van der Waals surface area contributed by atoms with Gasteiger partial charge in [0.05, 0.1) is 18.1 Å². The number of nitrogens with one attached hydrogen (secondary N) is 1. The van der Waals surface area contributed by atoms with Gasteiger partial charge in [-0.2, -0.15) is 0 Å². The highest BCUT2D eigenvalue weighted by Crippen LogP contribution is 2.49. The van der Waals surface area contributed by atoms with Crippen LogP contribution >= 0.6 is 0 Å². The molecule has 0 aromatic carbocycles. The van der Waals surface area contributed by atoms with Gasteiger partial charge >= 0.3 is 11.9 Å². The molecule has 1 aliphatic carbocycles. The number of carboxylic acid groups (broad SMARTS) is 2. The van der Waals surface area contributed by atoms with E-state index in [2.05, 4.69) is 20.2 Å². The second-order valence-electron chi connectivity index (χ2n) is 5.52. The zero-order valence-corrected chi connectivity index (χ0v) is 12.8. The lowest BCUT2D eigenvalue weighted by Crippen LogP contribution is -2.39. The maximum absolute atomic E-state index is 9.55. The van der Waals surface area contributed by atoms with Crippen molar-refractivity contribution in [3.63, 3.8) is 0 Å². The number of carbonyl (C=O) groups is 2. The highest BCUT2D eigenvalue weighted by atomic mass is 16.4. The minimum Gasteiger partial charge on any atom is -0.478 e. The summed E-state index contributed by atoms with van der Waals surface area (Å²) in [6.07, 6.45) is 9.24. The molecule has 1 saturated carbocycles. The Labute approximate surface area is 133 Å². The van der Waals surface area contributed by atoms with E-state index in [0.717, 1.165) is 18.5 Å². The summed E-state index contributed by atoms with van der Waals surface area (Å²) in [5.41, 5.74) is 1.18. The second-order valence-corrected chi connectivity index (χ2v) is 5.52. The molecule has 23 heavy (non-hydrogen) atoms. The molecule has 8 nitrogen and oxygen atoms in total. The van der Waals surface area contributed by atoms with Gasteiger partial charge in [0.15, 0.2) is 0 Å². The molecule has 1 saturated heterocycles. The number of nitrogens with zero attached hydrogens (tertiary/aromatic N) is 3. The number of likely N-dealkylation sites (N-methyl/N-ethyl adjacent to an activating group) is 1. The van der Waals surface area contributed by atoms with E-state index in [4.69, 9.17) is 10.2 Å². The third kappa shape index (κ3) is 4.75. The molecular weight excluding hydrogens is 300 g/mol. The molecule has 0 spiro atoms. The zero-order chi connectivity index (χ0) is 16.8. The number of fused-ring (bicyclic) bond motifs is 1. The SMILES string of the molecule is CNCC1CC2CC2N1c1cncnc1.O=C(O)C=CC(=O)O. The first kappa shape index (κ1) is 16.9. The van der Waals surface area contributed by atoms with Crippen molar-refractivity contribution in [1.82, 2.24) is 15.3 Å². The smallest absolute Gasteiger partial charge is 0.328 e. The molecule has 3 atom stereocenters. The molecule has 2 heterocycles. The van der Waals surface area contributed by atoms with Gasteiger partial charge < -0.3 is 20.4 Å². The first-order valence-corrected chi connectivity index (χ1v) is 7.34. The summed E-state index contributed by atoms with van der Waals surface area (Å²) < 4.78 is 0. The molecule has 3 N–H and O–H groups in total. The fourth-order valence-corrected chi connectivity index (χ4v) is 2.95. The molecule has 0 bridgehead atoms. The van der Waals surface area contributed by atoms with Crippen molar-refractivity contribution >= 4 is 17.6 Å². The maximum Gasteiger partial charge on any atom is 0.328 e. The monoisotopic (exact) mass is 320 g/mol. The van der Waals surface area contributed by atoms with Crippen molar-refractivity contribution in [2.24, 2.45) is 5.92 Å². The summed E-state index contributed by atoms with van der Waals surface area (Å²) >= 11 is 0. The molecular formula is C15H20N4O4. The van der Waals surface area contributed by atoms with Crippen molar-refractivity contribution in [3.05, 3.63) is 30.9 Å². The average Bonchev–Trinajstić information content (AvgIpc) is 3.18. The van der Waals surface area contributed by atoms with Gasteiger partial charge in [0.1, 0.15) is 6.33 Å². The van der Waals surface area contributed by atoms with Crippen LogP contribution in [0, 0.1) is 5.92 Å². The maximum atomic E-state index is 9.55. The third-order valence-electron chi connectivity index (χ3n) is 3.86. The molecule has 124 valence electrons. The normalized spacial score (nSPS) is 24.7. The molecule has 3 rings (SSSR count). The van der Waals surface area contributed by atoms with Crippen LogP contribution in [0.25, 0.3) is 0 Å². The van der Waals surface area contributed by atoms with Gasteiger partial charge in [0, 0.05) is 30.8 Å². The molecule has 1 aromatic heterocycles. The molecule has 1 aromatic rings. The quantitative estimate of drug-likeness (QED) is 0.667. The van der Waals surface area contributed by atoms with Gasteiger partial charge in [-0.15, -0.1) is 0 Å². The largest absolute Gasteiger partial charge is 0.478 e. The minimum atomic E-state index is -1.26. The van der Waals surface area contributed by atoms with Gasteiger partial charge in [0.2, 0.25) is 0 Å². The average molecular weight is 320 g/mol. The van der Waals surface area contributed by atoms with Crippen LogP contribution in [0.15, 0.2) is 30.9 Å². The van der Waals surface area contributed by atoms with Gasteiger partial charge in [-0.1, -0.05) is 0 Å². The van der Waals surface area contributed by atoms with E-state index >= 15 is 0 Å². The number of anilines is 1. The van der Waals surface area contributed by atoms with Crippen molar-refractivity contribution in [2.45, 2.75) is 24.9 Å². The van der Waals surface area contributed by atoms with Gasteiger partial charge in [-0.25, -0.2) is 19.6 Å². The van der Waals surface area contributed by atoms with E-state index in [1.54, 1.807) is 6.33 Å². The van der Waals surface area contributed by atoms with Crippen molar-refractivity contribution in [3.8, 4) is 0 Å². The van der Waals surface area contributed by atoms with E-state index in [1.165, 1.54) is 18.5 Å². The summed E-state index contributed by atoms with van der Waals surface area (Å²) in [5, 5.41) is 18.9. The lowest BCUT2D eigenvalue weighted by atomic mass is 10.1. The summed E-state index contributed by atoms with van der Waals surface area (Å²) in [5.74, 6) is -1.59. The Kier molecular flexibility index (Phi) is 5.64. The predicted octanol–water partition coefficient (Wildman–Crippen LogP) is 0.375. The van der Waals surface area contributed by atoms with Crippen LogP contribution in [0.2, 0.25) is 0 Å². The first-order chi connectivity index (χ1) is 11.0. The summed E-state index contributed by atoms with van der Waals surface area (Å²) in [6.45, 7) is 1.06. The number of carboxylic acids is 2. The molecule has 0 radical (unpaired) electrons. The Bertz CT molecular complexity index is 562. The Morgan fingerprint density at radius 3 is 2.39 bits per heavy atom.